The summed E-state index contributed by atoms with van der Waals surface area (Å²) < 4.78 is 4.63. The van der Waals surface area contributed by atoms with E-state index in [2.05, 4.69) is 15.4 Å². The average Bonchev–Trinajstić information content (AvgIpc) is 2.57. The molecule has 0 fully saturated rings. The summed E-state index contributed by atoms with van der Waals surface area (Å²) in [7, 11) is 1.33. The molecule has 0 aliphatic heterocycles. The molecule has 0 radical (unpaired) electrons. The SMILES string of the molecule is COC(=O)c1ccc(NCCC(=O)Nc2ccc(Cl)cc2Cl)cc1. The molecule has 0 aliphatic rings. The molecule has 0 aromatic heterocycles. The van der Waals surface area contributed by atoms with Crippen LogP contribution in [0.15, 0.2) is 42.5 Å². The van der Waals surface area contributed by atoms with Crippen molar-refractivity contribution in [1.29, 1.82) is 0 Å². The highest BCUT2D eigenvalue weighted by Crippen LogP contribution is 2.25. The van der Waals surface area contributed by atoms with Crippen LogP contribution in [0.2, 0.25) is 10.0 Å². The van der Waals surface area contributed by atoms with Gasteiger partial charge in [-0.2, -0.15) is 0 Å². The number of nitrogens with one attached hydrogen (secondary N) is 2. The summed E-state index contributed by atoms with van der Waals surface area (Å²) in [5.41, 5.74) is 1.80. The number of benzene rings is 2. The third-order valence-electron chi connectivity index (χ3n) is 3.19. The summed E-state index contributed by atoms with van der Waals surface area (Å²) in [6.45, 7) is 0.439. The first-order valence-electron chi connectivity index (χ1n) is 7.17. The van der Waals surface area contributed by atoms with Gasteiger partial charge in [0.2, 0.25) is 5.91 Å². The van der Waals surface area contributed by atoms with E-state index >= 15 is 0 Å². The highest BCUT2D eigenvalue weighted by molar-refractivity contribution is 6.36. The molecule has 7 heteroatoms. The Hall–Kier alpha value is -2.24. The molecule has 0 atom stereocenters. The van der Waals surface area contributed by atoms with Gasteiger partial charge in [-0.3, -0.25) is 4.79 Å². The number of ether oxygens (including phenoxy) is 1. The molecule has 2 aromatic carbocycles. The van der Waals surface area contributed by atoms with Crippen LogP contribution in [-0.4, -0.2) is 25.5 Å². The second-order valence-electron chi connectivity index (χ2n) is 4.92. The Morgan fingerprint density at radius 1 is 1.08 bits per heavy atom. The van der Waals surface area contributed by atoms with Crippen LogP contribution in [0.4, 0.5) is 11.4 Å². The highest BCUT2D eigenvalue weighted by Gasteiger charge is 2.07. The van der Waals surface area contributed by atoms with Gasteiger partial charge in [0.1, 0.15) is 0 Å². The zero-order chi connectivity index (χ0) is 17.5. The van der Waals surface area contributed by atoms with Crippen LogP contribution in [-0.2, 0) is 9.53 Å². The van der Waals surface area contributed by atoms with Crippen molar-refractivity contribution < 1.29 is 14.3 Å². The first-order chi connectivity index (χ1) is 11.5. The minimum absolute atomic E-state index is 0.169. The van der Waals surface area contributed by atoms with Gasteiger partial charge in [0.25, 0.3) is 0 Å². The molecule has 5 nitrogen and oxygen atoms in total. The fourth-order valence-corrected chi connectivity index (χ4v) is 2.42. The van der Waals surface area contributed by atoms with Gasteiger partial charge in [-0.1, -0.05) is 23.2 Å². The molecule has 0 heterocycles. The van der Waals surface area contributed by atoms with E-state index in [0.29, 0.717) is 27.8 Å². The number of anilines is 2. The van der Waals surface area contributed by atoms with E-state index in [1.54, 1.807) is 42.5 Å². The minimum Gasteiger partial charge on any atom is -0.465 e. The van der Waals surface area contributed by atoms with E-state index in [9.17, 15) is 9.59 Å². The number of amides is 1. The van der Waals surface area contributed by atoms with Crippen LogP contribution in [0.5, 0.6) is 0 Å². The van der Waals surface area contributed by atoms with Gasteiger partial charge < -0.3 is 15.4 Å². The van der Waals surface area contributed by atoms with Gasteiger partial charge >= 0.3 is 5.97 Å². The van der Waals surface area contributed by atoms with Gasteiger partial charge in [-0.15, -0.1) is 0 Å². The van der Waals surface area contributed by atoms with Crippen LogP contribution < -0.4 is 10.6 Å². The number of halogens is 2. The van der Waals surface area contributed by atoms with Gasteiger partial charge in [-0.05, 0) is 42.5 Å². The third kappa shape index (κ3) is 5.15. The van der Waals surface area contributed by atoms with E-state index in [1.165, 1.54) is 7.11 Å². The Labute approximate surface area is 149 Å². The minimum atomic E-state index is -0.388. The smallest absolute Gasteiger partial charge is 0.337 e. The first kappa shape index (κ1) is 18.1. The lowest BCUT2D eigenvalue weighted by Crippen LogP contribution is -2.16. The molecule has 24 heavy (non-hydrogen) atoms. The van der Waals surface area contributed by atoms with Crippen molar-refractivity contribution in [3.8, 4) is 0 Å². The molecular formula is C17H16Cl2N2O3. The van der Waals surface area contributed by atoms with E-state index in [4.69, 9.17) is 23.2 Å². The normalized spacial score (nSPS) is 10.1. The molecule has 2 N–H and O–H groups in total. The van der Waals surface area contributed by atoms with Gasteiger partial charge in [0.15, 0.2) is 0 Å². The summed E-state index contributed by atoms with van der Waals surface area (Å²) in [5, 5.41) is 6.73. The van der Waals surface area contributed by atoms with Crippen molar-refractivity contribution in [1.82, 2.24) is 0 Å². The van der Waals surface area contributed by atoms with Crippen molar-refractivity contribution in [2.45, 2.75) is 6.42 Å². The summed E-state index contributed by atoms with van der Waals surface area (Å²) in [5.74, 6) is -0.557. The Morgan fingerprint density at radius 3 is 2.42 bits per heavy atom. The lowest BCUT2D eigenvalue weighted by molar-refractivity contribution is -0.115. The summed E-state index contributed by atoms with van der Waals surface area (Å²) >= 11 is 11.8. The lowest BCUT2D eigenvalue weighted by atomic mass is 10.2. The van der Waals surface area contributed by atoms with Crippen molar-refractivity contribution in [3.05, 3.63) is 58.1 Å². The van der Waals surface area contributed by atoms with Crippen LogP contribution in [0.25, 0.3) is 0 Å². The molecule has 0 spiro atoms. The van der Waals surface area contributed by atoms with E-state index in [-0.39, 0.29) is 18.3 Å². The number of methoxy groups -OCH3 is 1. The van der Waals surface area contributed by atoms with Gasteiger partial charge in [0.05, 0.1) is 23.4 Å². The van der Waals surface area contributed by atoms with Crippen LogP contribution >= 0.6 is 23.2 Å². The van der Waals surface area contributed by atoms with Crippen molar-refractivity contribution in [3.63, 3.8) is 0 Å². The molecular weight excluding hydrogens is 351 g/mol. The maximum absolute atomic E-state index is 11.9. The molecule has 0 saturated heterocycles. The molecule has 0 bridgehead atoms. The largest absolute Gasteiger partial charge is 0.465 e. The topological polar surface area (TPSA) is 67.4 Å². The monoisotopic (exact) mass is 366 g/mol. The molecule has 0 saturated carbocycles. The third-order valence-corrected chi connectivity index (χ3v) is 3.74. The predicted octanol–water partition coefficient (Wildman–Crippen LogP) is 4.22. The van der Waals surface area contributed by atoms with E-state index in [1.807, 2.05) is 0 Å². The highest BCUT2D eigenvalue weighted by atomic mass is 35.5. The summed E-state index contributed by atoms with van der Waals surface area (Å²) in [4.78, 5) is 23.3. The van der Waals surface area contributed by atoms with Crippen molar-refractivity contribution in [2.75, 3.05) is 24.3 Å². The molecule has 0 unspecified atom stereocenters. The number of carbonyl (C=O) groups is 2. The average molecular weight is 367 g/mol. The maximum Gasteiger partial charge on any atom is 0.337 e. The Bertz CT molecular complexity index is 733. The first-order valence-corrected chi connectivity index (χ1v) is 7.92. The maximum atomic E-state index is 11.9. The number of hydrogen-bond acceptors (Lipinski definition) is 4. The number of hydrogen-bond donors (Lipinski definition) is 2. The van der Waals surface area contributed by atoms with Gasteiger partial charge in [-0.25, -0.2) is 4.79 Å². The predicted molar refractivity (Wildman–Crippen MR) is 96.0 cm³/mol. The standard InChI is InChI=1S/C17H16Cl2N2O3/c1-24-17(23)11-2-5-13(6-3-11)20-9-8-16(22)21-15-7-4-12(18)10-14(15)19/h2-7,10,20H,8-9H2,1H3,(H,21,22). The summed E-state index contributed by atoms with van der Waals surface area (Å²) in [6.07, 6.45) is 0.262. The second-order valence-corrected chi connectivity index (χ2v) is 5.76. The zero-order valence-corrected chi connectivity index (χ0v) is 14.4. The zero-order valence-electron chi connectivity index (χ0n) is 12.9. The quantitative estimate of drug-likeness (QED) is 0.751. The molecule has 0 aliphatic carbocycles. The summed E-state index contributed by atoms with van der Waals surface area (Å²) in [6, 6.07) is 11.7. The Balaban J connectivity index is 1.81. The van der Waals surface area contributed by atoms with E-state index < -0.39 is 0 Å². The van der Waals surface area contributed by atoms with Crippen LogP contribution in [0.3, 0.4) is 0 Å². The Kier molecular flexibility index (Phi) is 6.46. The molecule has 1 amide bonds. The number of esters is 1. The van der Waals surface area contributed by atoms with Crippen LogP contribution in [0, 0.1) is 0 Å². The molecule has 2 aromatic rings. The second kappa shape index (κ2) is 8.57. The molecule has 2 rings (SSSR count). The molecule has 126 valence electrons. The number of rotatable bonds is 6. The van der Waals surface area contributed by atoms with Crippen molar-refractivity contribution in [2.24, 2.45) is 0 Å². The fraction of sp³-hybridized carbons (Fsp3) is 0.176. The number of carbonyl (C=O) groups excluding carboxylic acids is 2. The van der Waals surface area contributed by atoms with Gasteiger partial charge in [0, 0.05) is 23.7 Å². The van der Waals surface area contributed by atoms with E-state index in [0.717, 1.165) is 5.69 Å². The van der Waals surface area contributed by atoms with Crippen molar-refractivity contribution >= 4 is 46.5 Å². The van der Waals surface area contributed by atoms with Crippen LogP contribution in [0.1, 0.15) is 16.8 Å². The fourth-order valence-electron chi connectivity index (χ4n) is 1.97. The Morgan fingerprint density at radius 2 is 1.79 bits per heavy atom. The lowest BCUT2D eigenvalue weighted by Gasteiger charge is -2.09.